The van der Waals surface area contributed by atoms with Crippen LogP contribution in [0.2, 0.25) is 0 Å². The lowest BCUT2D eigenvalue weighted by Gasteiger charge is -2.10. The molecule has 1 atom stereocenters. The average Bonchev–Trinajstić information content (AvgIpc) is 2.40. The molecule has 0 heterocycles. The van der Waals surface area contributed by atoms with Gasteiger partial charge in [0.15, 0.2) is 0 Å². The van der Waals surface area contributed by atoms with Crippen molar-refractivity contribution >= 4 is 12.4 Å². The van der Waals surface area contributed by atoms with E-state index in [9.17, 15) is 4.39 Å². The predicted octanol–water partition coefficient (Wildman–Crippen LogP) is 4.13. The number of alkyl halides is 1. The molecule has 2 N–H and O–H groups in total. The van der Waals surface area contributed by atoms with E-state index in [0.717, 1.165) is 11.1 Å². The van der Waals surface area contributed by atoms with Crippen molar-refractivity contribution in [2.24, 2.45) is 5.73 Å². The normalized spacial score (nSPS) is 11.7. The summed E-state index contributed by atoms with van der Waals surface area (Å²) in [5, 5.41) is 0. The third kappa shape index (κ3) is 3.56. The molecular weight excluding hydrogens is 249 g/mol. The van der Waals surface area contributed by atoms with Gasteiger partial charge in [0.25, 0.3) is 0 Å². The molecule has 0 aromatic heterocycles. The molecule has 0 fully saturated rings. The molecule has 0 saturated carbocycles. The lowest BCUT2D eigenvalue weighted by Crippen LogP contribution is -2.10. The van der Waals surface area contributed by atoms with Gasteiger partial charge in [0.1, 0.15) is 0 Å². The number of benzene rings is 2. The van der Waals surface area contributed by atoms with Gasteiger partial charge in [-0.15, -0.1) is 12.4 Å². The van der Waals surface area contributed by atoms with Crippen LogP contribution in [0.5, 0.6) is 0 Å². The fourth-order valence-electron chi connectivity index (χ4n) is 1.84. The molecule has 18 heavy (non-hydrogen) atoms. The van der Waals surface area contributed by atoms with Crippen LogP contribution in [0.15, 0.2) is 54.6 Å². The highest BCUT2D eigenvalue weighted by molar-refractivity contribution is 5.85. The van der Waals surface area contributed by atoms with Crippen molar-refractivity contribution in [2.45, 2.75) is 12.5 Å². The second-order valence-electron chi connectivity index (χ2n) is 4.07. The zero-order valence-corrected chi connectivity index (χ0v) is 10.9. The van der Waals surface area contributed by atoms with Crippen LogP contribution in [0, 0.1) is 0 Å². The van der Waals surface area contributed by atoms with Crippen molar-refractivity contribution < 1.29 is 4.39 Å². The predicted molar refractivity (Wildman–Crippen MR) is 76.6 cm³/mol. The molecule has 2 aromatic rings. The van der Waals surface area contributed by atoms with Crippen molar-refractivity contribution in [1.29, 1.82) is 0 Å². The highest BCUT2D eigenvalue weighted by Crippen LogP contribution is 2.22. The van der Waals surface area contributed by atoms with Crippen LogP contribution in [0.25, 0.3) is 11.1 Å². The van der Waals surface area contributed by atoms with E-state index >= 15 is 0 Å². The van der Waals surface area contributed by atoms with Gasteiger partial charge < -0.3 is 5.73 Å². The SMILES string of the molecule is Cl.N[C@@H](CCF)c1ccc(-c2ccccc2)cc1. The summed E-state index contributed by atoms with van der Waals surface area (Å²) in [6, 6.07) is 18.0. The largest absolute Gasteiger partial charge is 0.324 e. The standard InChI is InChI=1S/C15H16FN.ClH/c16-11-10-15(17)14-8-6-13(7-9-14)12-4-2-1-3-5-12;/h1-9,15H,10-11,17H2;1H/t15-;/m0./s1. The number of hydrogen-bond donors (Lipinski definition) is 1. The zero-order valence-electron chi connectivity index (χ0n) is 10.1. The number of halogens is 2. The van der Waals surface area contributed by atoms with Crippen LogP contribution >= 0.6 is 12.4 Å². The first-order valence-electron chi connectivity index (χ1n) is 5.78. The van der Waals surface area contributed by atoms with Gasteiger partial charge in [0.05, 0.1) is 6.67 Å². The molecule has 96 valence electrons. The topological polar surface area (TPSA) is 26.0 Å². The number of hydrogen-bond acceptors (Lipinski definition) is 1. The highest BCUT2D eigenvalue weighted by Gasteiger charge is 2.05. The van der Waals surface area contributed by atoms with E-state index in [1.54, 1.807) is 0 Å². The Labute approximate surface area is 113 Å². The van der Waals surface area contributed by atoms with Crippen LogP contribution in [0.3, 0.4) is 0 Å². The summed E-state index contributed by atoms with van der Waals surface area (Å²) >= 11 is 0. The van der Waals surface area contributed by atoms with Crippen LogP contribution < -0.4 is 5.73 Å². The van der Waals surface area contributed by atoms with Crippen molar-refractivity contribution in [3.8, 4) is 11.1 Å². The van der Waals surface area contributed by atoms with Crippen LogP contribution in [0.1, 0.15) is 18.0 Å². The van der Waals surface area contributed by atoms with Crippen molar-refractivity contribution in [3.05, 3.63) is 60.2 Å². The Balaban J connectivity index is 0.00000162. The van der Waals surface area contributed by atoms with Crippen LogP contribution in [-0.2, 0) is 0 Å². The van der Waals surface area contributed by atoms with E-state index in [2.05, 4.69) is 12.1 Å². The molecule has 0 aliphatic rings. The van der Waals surface area contributed by atoms with Crippen LogP contribution in [-0.4, -0.2) is 6.67 Å². The van der Waals surface area contributed by atoms with E-state index in [4.69, 9.17) is 5.73 Å². The van der Waals surface area contributed by atoms with E-state index in [1.807, 2.05) is 42.5 Å². The van der Waals surface area contributed by atoms with Gasteiger partial charge in [0.2, 0.25) is 0 Å². The Hall–Kier alpha value is -1.38. The van der Waals surface area contributed by atoms with E-state index in [0.29, 0.717) is 6.42 Å². The smallest absolute Gasteiger partial charge is 0.0912 e. The highest BCUT2D eigenvalue weighted by atomic mass is 35.5. The van der Waals surface area contributed by atoms with Gasteiger partial charge >= 0.3 is 0 Å². The molecule has 2 rings (SSSR count). The molecule has 0 unspecified atom stereocenters. The summed E-state index contributed by atoms with van der Waals surface area (Å²) in [6.45, 7) is -0.373. The summed E-state index contributed by atoms with van der Waals surface area (Å²) < 4.78 is 12.2. The Kier molecular flexibility index (Phi) is 5.83. The van der Waals surface area contributed by atoms with Gasteiger partial charge in [-0.2, -0.15) is 0 Å². The Bertz CT molecular complexity index is 456. The molecule has 2 aromatic carbocycles. The van der Waals surface area contributed by atoms with Gasteiger partial charge in [-0.1, -0.05) is 54.6 Å². The summed E-state index contributed by atoms with van der Waals surface area (Å²) in [5.74, 6) is 0. The molecule has 0 aliphatic carbocycles. The van der Waals surface area contributed by atoms with Gasteiger partial charge in [-0.3, -0.25) is 4.39 Å². The molecule has 0 aliphatic heterocycles. The molecule has 3 heteroatoms. The average molecular weight is 266 g/mol. The number of rotatable bonds is 4. The quantitative estimate of drug-likeness (QED) is 0.884. The lowest BCUT2D eigenvalue weighted by atomic mass is 10.00. The first kappa shape index (κ1) is 14.7. The van der Waals surface area contributed by atoms with E-state index < -0.39 is 0 Å². The third-order valence-corrected chi connectivity index (χ3v) is 2.87. The molecular formula is C15H17ClFN. The molecule has 0 spiro atoms. The van der Waals surface area contributed by atoms with Crippen molar-refractivity contribution in [2.75, 3.05) is 6.67 Å². The molecule has 0 bridgehead atoms. The molecule has 0 saturated heterocycles. The molecule has 1 nitrogen and oxygen atoms in total. The Morgan fingerprint density at radius 3 is 2.00 bits per heavy atom. The summed E-state index contributed by atoms with van der Waals surface area (Å²) in [4.78, 5) is 0. The van der Waals surface area contributed by atoms with E-state index in [-0.39, 0.29) is 25.1 Å². The van der Waals surface area contributed by atoms with Crippen molar-refractivity contribution in [3.63, 3.8) is 0 Å². The summed E-state index contributed by atoms with van der Waals surface area (Å²) in [6.07, 6.45) is 0.380. The first-order valence-corrected chi connectivity index (χ1v) is 5.78. The van der Waals surface area contributed by atoms with Gasteiger partial charge in [-0.25, -0.2) is 0 Å². The third-order valence-electron chi connectivity index (χ3n) is 2.87. The Morgan fingerprint density at radius 2 is 1.44 bits per heavy atom. The molecule has 0 radical (unpaired) electrons. The maximum atomic E-state index is 12.2. The fourth-order valence-corrected chi connectivity index (χ4v) is 1.84. The minimum atomic E-state index is -0.373. The summed E-state index contributed by atoms with van der Waals surface area (Å²) in [5.41, 5.74) is 9.18. The minimum absolute atomic E-state index is 0. The Morgan fingerprint density at radius 1 is 0.889 bits per heavy atom. The van der Waals surface area contributed by atoms with Crippen LogP contribution in [0.4, 0.5) is 4.39 Å². The maximum Gasteiger partial charge on any atom is 0.0912 e. The second-order valence-corrected chi connectivity index (χ2v) is 4.07. The monoisotopic (exact) mass is 265 g/mol. The van der Waals surface area contributed by atoms with E-state index in [1.165, 1.54) is 5.56 Å². The fraction of sp³-hybridized carbons (Fsp3) is 0.200. The number of nitrogens with two attached hydrogens (primary N) is 1. The van der Waals surface area contributed by atoms with Gasteiger partial charge in [-0.05, 0) is 23.1 Å². The van der Waals surface area contributed by atoms with Gasteiger partial charge in [0, 0.05) is 6.04 Å². The molecule has 0 amide bonds. The first-order chi connectivity index (χ1) is 8.31. The zero-order chi connectivity index (χ0) is 12.1. The second kappa shape index (κ2) is 7.14. The summed E-state index contributed by atoms with van der Waals surface area (Å²) in [7, 11) is 0. The minimum Gasteiger partial charge on any atom is -0.324 e. The van der Waals surface area contributed by atoms with Crippen molar-refractivity contribution in [1.82, 2.24) is 0 Å². The maximum absolute atomic E-state index is 12.2. The lowest BCUT2D eigenvalue weighted by molar-refractivity contribution is 0.442.